The fourth-order valence-electron chi connectivity index (χ4n) is 3.62. The molecule has 1 heterocycles. The van der Waals surface area contributed by atoms with E-state index in [0.717, 1.165) is 45.0 Å². The quantitative estimate of drug-likeness (QED) is 0.435. The highest BCUT2D eigenvalue weighted by Crippen LogP contribution is 2.18. The Morgan fingerprint density at radius 1 is 0.931 bits per heavy atom. The van der Waals surface area contributed by atoms with Crippen LogP contribution in [0.2, 0.25) is 0 Å². The van der Waals surface area contributed by atoms with Gasteiger partial charge in [0.05, 0.1) is 7.11 Å². The summed E-state index contributed by atoms with van der Waals surface area (Å²) in [5.74, 6) is 0.905. The van der Waals surface area contributed by atoms with Crippen LogP contribution < -0.4 is 4.74 Å². The summed E-state index contributed by atoms with van der Waals surface area (Å²) in [5, 5.41) is 0. The second kappa shape index (κ2) is 10.8. The van der Waals surface area contributed by atoms with Crippen LogP contribution in [-0.2, 0) is 24.4 Å². The van der Waals surface area contributed by atoms with Crippen molar-refractivity contribution in [2.75, 3.05) is 27.4 Å². The average Bonchev–Trinajstić information content (AvgIpc) is 3.16. The first kappa shape index (κ1) is 21.2. The van der Waals surface area contributed by atoms with Crippen molar-refractivity contribution in [2.24, 2.45) is 0 Å². The van der Waals surface area contributed by atoms with Crippen LogP contribution >= 0.6 is 0 Å². The van der Waals surface area contributed by atoms with E-state index in [2.05, 4.69) is 77.2 Å². The molecule has 3 rings (SSSR count). The number of aryl methyl sites for hydroxylation is 1. The third-order valence-electron chi connectivity index (χ3n) is 5.27. The van der Waals surface area contributed by atoms with Crippen molar-refractivity contribution < 1.29 is 9.47 Å². The van der Waals surface area contributed by atoms with Crippen molar-refractivity contribution in [3.8, 4) is 5.75 Å². The Morgan fingerprint density at radius 2 is 1.79 bits per heavy atom. The van der Waals surface area contributed by atoms with Gasteiger partial charge in [-0.15, -0.1) is 0 Å². The summed E-state index contributed by atoms with van der Waals surface area (Å²) in [7, 11) is 3.48. The van der Waals surface area contributed by atoms with Crippen molar-refractivity contribution in [3.63, 3.8) is 0 Å². The molecule has 4 nitrogen and oxygen atoms in total. The standard InChI is InChI=1S/C25H32N2O2/c1-21-9-4-5-11-23(21)19-27-15-7-12-24(27)20-26(14-8-16-28-2)18-22-10-6-13-25(17-22)29-3/h4-7,9-13,15,17H,8,14,16,18-20H2,1-3H3. The van der Waals surface area contributed by atoms with E-state index in [4.69, 9.17) is 9.47 Å². The van der Waals surface area contributed by atoms with E-state index < -0.39 is 0 Å². The van der Waals surface area contributed by atoms with Gasteiger partial charge in [0.1, 0.15) is 5.75 Å². The molecule has 0 unspecified atom stereocenters. The molecule has 0 aliphatic rings. The van der Waals surface area contributed by atoms with E-state index in [9.17, 15) is 0 Å². The number of nitrogens with zero attached hydrogens (tertiary/aromatic N) is 2. The molecule has 4 heteroatoms. The highest BCUT2D eigenvalue weighted by molar-refractivity contribution is 5.29. The van der Waals surface area contributed by atoms with E-state index in [-0.39, 0.29) is 0 Å². The fraction of sp³-hybridized carbons (Fsp3) is 0.360. The molecule has 29 heavy (non-hydrogen) atoms. The first-order valence-electron chi connectivity index (χ1n) is 10.2. The maximum absolute atomic E-state index is 5.39. The fourth-order valence-corrected chi connectivity index (χ4v) is 3.62. The molecular weight excluding hydrogens is 360 g/mol. The molecule has 0 radical (unpaired) electrons. The predicted octanol–water partition coefficient (Wildman–Crippen LogP) is 4.89. The summed E-state index contributed by atoms with van der Waals surface area (Å²) in [6.07, 6.45) is 3.19. The second-order valence-corrected chi connectivity index (χ2v) is 7.46. The lowest BCUT2D eigenvalue weighted by Gasteiger charge is -2.24. The summed E-state index contributed by atoms with van der Waals surface area (Å²) in [5.41, 5.74) is 5.29. The molecule has 0 atom stereocenters. The minimum atomic E-state index is 0.777. The lowest BCUT2D eigenvalue weighted by Crippen LogP contribution is -2.26. The van der Waals surface area contributed by atoms with Gasteiger partial charge in [-0.1, -0.05) is 36.4 Å². The summed E-state index contributed by atoms with van der Waals surface area (Å²) in [6.45, 7) is 6.63. The van der Waals surface area contributed by atoms with Gasteiger partial charge >= 0.3 is 0 Å². The molecule has 2 aromatic carbocycles. The monoisotopic (exact) mass is 392 g/mol. The van der Waals surface area contributed by atoms with E-state index >= 15 is 0 Å². The molecule has 0 fully saturated rings. The maximum atomic E-state index is 5.39. The number of rotatable bonds is 11. The number of ether oxygens (including phenoxy) is 2. The van der Waals surface area contributed by atoms with E-state index in [1.54, 1.807) is 14.2 Å². The molecule has 3 aromatic rings. The van der Waals surface area contributed by atoms with Crippen LogP contribution in [0.4, 0.5) is 0 Å². The van der Waals surface area contributed by atoms with E-state index in [1.807, 2.05) is 6.07 Å². The minimum absolute atomic E-state index is 0.777. The zero-order valence-electron chi connectivity index (χ0n) is 17.8. The van der Waals surface area contributed by atoms with Gasteiger partial charge in [-0.05, 0) is 54.3 Å². The molecule has 0 aliphatic carbocycles. The molecular formula is C25H32N2O2. The van der Waals surface area contributed by atoms with Gasteiger partial charge in [0.2, 0.25) is 0 Å². The Labute approximate surface area is 174 Å². The van der Waals surface area contributed by atoms with Crippen molar-refractivity contribution >= 4 is 0 Å². The second-order valence-electron chi connectivity index (χ2n) is 7.46. The van der Waals surface area contributed by atoms with Crippen LogP contribution in [0.1, 0.15) is 28.8 Å². The minimum Gasteiger partial charge on any atom is -0.497 e. The first-order valence-corrected chi connectivity index (χ1v) is 10.2. The Bertz CT molecular complexity index is 888. The predicted molar refractivity (Wildman–Crippen MR) is 118 cm³/mol. The number of hydrogen-bond donors (Lipinski definition) is 0. The largest absolute Gasteiger partial charge is 0.497 e. The van der Waals surface area contributed by atoms with Crippen molar-refractivity contribution in [2.45, 2.75) is 33.0 Å². The van der Waals surface area contributed by atoms with Gasteiger partial charge in [-0.3, -0.25) is 4.90 Å². The molecule has 0 saturated carbocycles. The number of aromatic nitrogens is 1. The highest BCUT2D eigenvalue weighted by Gasteiger charge is 2.11. The van der Waals surface area contributed by atoms with Crippen molar-refractivity contribution in [3.05, 3.63) is 89.2 Å². The van der Waals surface area contributed by atoms with Crippen LogP contribution in [0.25, 0.3) is 0 Å². The van der Waals surface area contributed by atoms with Gasteiger partial charge in [0, 0.05) is 51.8 Å². The van der Waals surface area contributed by atoms with Crippen molar-refractivity contribution in [1.82, 2.24) is 9.47 Å². The van der Waals surface area contributed by atoms with Gasteiger partial charge < -0.3 is 14.0 Å². The molecule has 0 saturated heterocycles. The summed E-state index contributed by atoms with van der Waals surface area (Å²) in [4.78, 5) is 2.48. The smallest absolute Gasteiger partial charge is 0.119 e. The molecule has 0 spiro atoms. The number of hydrogen-bond acceptors (Lipinski definition) is 3. The topological polar surface area (TPSA) is 26.6 Å². The van der Waals surface area contributed by atoms with Gasteiger partial charge in [0.25, 0.3) is 0 Å². The molecule has 1 aromatic heterocycles. The number of methoxy groups -OCH3 is 2. The maximum Gasteiger partial charge on any atom is 0.119 e. The Kier molecular flexibility index (Phi) is 7.91. The normalized spacial score (nSPS) is 11.2. The van der Waals surface area contributed by atoms with Crippen LogP contribution in [0.5, 0.6) is 5.75 Å². The van der Waals surface area contributed by atoms with Gasteiger partial charge in [0.15, 0.2) is 0 Å². The average molecular weight is 393 g/mol. The molecule has 154 valence electrons. The molecule has 0 amide bonds. The molecule has 0 bridgehead atoms. The van der Waals surface area contributed by atoms with Crippen LogP contribution in [-0.4, -0.2) is 36.8 Å². The Balaban J connectivity index is 1.73. The summed E-state index contributed by atoms with van der Waals surface area (Å²) in [6, 6.07) is 21.3. The zero-order chi connectivity index (χ0) is 20.5. The van der Waals surface area contributed by atoms with Crippen LogP contribution in [0, 0.1) is 6.92 Å². The highest BCUT2D eigenvalue weighted by atomic mass is 16.5. The first-order chi connectivity index (χ1) is 14.2. The van der Waals surface area contributed by atoms with Gasteiger partial charge in [-0.25, -0.2) is 0 Å². The van der Waals surface area contributed by atoms with Crippen LogP contribution in [0.15, 0.2) is 66.9 Å². The lowest BCUT2D eigenvalue weighted by atomic mass is 10.1. The van der Waals surface area contributed by atoms with E-state index in [1.165, 1.54) is 22.4 Å². The zero-order valence-corrected chi connectivity index (χ0v) is 17.8. The number of benzene rings is 2. The SMILES string of the molecule is COCCCN(Cc1cccc(OC)c1)Cc1cccn1Cc1ccccc1C. The Morgan fingerprint density at radius 3 is 2.59 bits per heavy atom. The molecule has 0 aliphatic heterocycles. The summed E-state index contributed by atoms with van der Waals surface area (Å²) >= 11 is 0. The third kappa shape index (κ3) is 6.21. The van der Waals surface area contributed by atoms with E-state index in [0.29, 0.717) is 0 Å². The third-order valence-corrected chi connectivity index (χ3v) is 5.27. The van der Waals surface area contributed by atoms with Crippen LogP contribution in [0.3, 0.4) is 0 Å². The summed E-state index contributed by atoms with van der Waals surface area (Å²) < 4.78 is 13.0. The Hall–Kier alpha value is -2.56. The molecule has 0 N–H and O–H groups in total. The lowest BCUT2D eigenvalue weighted by molar-refractivity contribution is 0.165. The van der Waals surface area contributed by atoms with Crippen molar-refractivity contribution in [1.29, 1.82) is 0 Å². The van der Waals surface area contributed by atoms with Gasteiger partial charge in [-0.2, -0.15) is 0 Å².